The second-order valence-corrected chi connectivity index (χ2v) is 5.58. The number of rotatable bonds is 2. The molecule has 1 spiro atoms. The smallest absolute Gasteiger partial charge is 0.320 e. The van der Waals surface area contributed by atoms with Crippen molar-refractivity contribution in [3.8, 4) is 0 Å². The maximum Gasteiger partial charge on any atom is 0.320 e. The lowest BCUT2D eigenvalue weighted by Crippen LogP contribution is -2.45. The Morgan fingerprint density at radius 1 is 1.17 bits per heavy atom. The highest BCUT2D eigenvalue weighted by molar-refractivity contribution is 6.00. The first-order valence-corrected chi connectivity index (χ1v) is 7.04. The molecule has 1 fully saturated rings. The molecule has 0 amide bonds. The number of hydrogen-bond acceptors (Lipinski definition) is 4. The van der Waals surface area contributed by atoms with Crippen molar-refractivity contribution in [3.63, 3.8) is 0 Å². The Kier molecular flexibility index (Phi) is 3.44. The first kappa shape index (κ1) is 15.6. The molecule has 1 aromatic carbocycles. The number of carbonyl (C=O) groups is 2. The van der Waals surface area contributed by atoms with Crippen LogP contribution in [0.4, 0.5) is 8.78 Å². The zero-order valence-electron chi connectivity index (χ0n) is 12.3. The molecule has 1 aliphatic heterocycles. The molecular formula is C17H14F2O4. The van der Waals surface area contributed by atoms with Crippen LogP contribution in [0.25, 0.3) is 0 Å². The highest BCUT2D eigenvalue weighted by atomic mass is 19.3. The normalized spacial score (nSPS) is 27.3. The van der Waals surface area contributed by atoms with E-state index in [9.17, 15) is 18.4 Å². The van der Waals surface area contributed by atoms with Gasteiger partial charge in [0.15, 0.2) is 5.78 Å². The zero-order valence-corrected chi connectivity index (χ0v) is 12.3. The molecule has 2 aliphatic rings. The molecule has 1 atom stereocenters. The molecule has 1 aromatic rings. The van der Waals surface area contributed by atoms with Crippen LogP contribution in [0.2, 0.25) is 0 Å². The predicted molar refractivity (Wildman–Crippen MR) is 76.6 cm³/mol. The fourth-order valence-corrected chi connectivity index (χ4v) is 2.87. The second-order valence-electron chi connectivity index (χ2n) is 5.58. The van der Waals surface area contributed by atoms with E-state index in [2.05, 4.69) is 0 Å². The van der Waals surface area contributed by atoms with Crippen LogP contribution in [-0.2, 0) is 24.8 Å². The van der Waals surface area contributed by atoms with Gasteiger partial charge in [-0.25, -0.2) is 0 Å². The summed E-state index contributed by atoms with van der Waals surface area (Å²) in [5.74, 6) is -7.21. The van der Waals surface area contributed by atoms with E-state index in [4.69, 9.17) is 9.47 Å². The summed E-state index contributed by atoms with van der Waals surface area (Å²) in [5.41, 5.74) is -1.46. The summed E-state index contributed by atoms with van der Waals surface area (Å²) in [7, 11) is 0. The fraction of sp³-hybridized carbons (Fsp3) is 0.294. The summed E-state index contributed by atoms with van der Waals surface area (Å²) < 4.78 is 40.4. The minimum Gasteiger partial charge on any atom is -0.422 e. The number of benzene rings is 1. The van der Waals surface area contributed by atoms with Gasteiger partial charge in [0.25, 0.3) is 0 Å². The van der Waals surface area contributed by atoms with E-state index in [0.717, 1.165) is 6.92 Å². The molecule has 1 unspecified atom stereocenters. The largest absolute Gasteiger partial charge is 0.422 e. The molecule has 0 radical (unpaired) electrons. The van der Waals surface area contributed by atoms with Crippen LogP contribution in [-0.4, -0.2) is 23.3 Å². The van der Waals surface area contributed by atoms with Gasteiger partial charge in [0.05, 0.1) is 6.42 Å². The van der Waals surface area contributed by atoms with Crippen LogP contribution < -0.4 is 0 Å². The van der Waals surface area contributed by atoms with Crippen molar-refractivity contribution in [2.24, 2.45) is 0 Å². The minimum atomic E-state index is -3.48. The molecule has 1 saturated heterocycles. The van der Waals surface area contributed by atoms with Gasteiger partial charge in [-0.05, 0) is 24.3 Å². The van der Waals surface area contributed by atoms with Crippen molar-refractivity contribution in [1.29, 1.82) is 0 Å². The summed E-state index contributed by atoms with van der Waals surface area (Å²) >= 11 is 0. The lowest BCUT2D eigenvalue weighted by Gasteiger charge is -2.34. The Hall–Kier alpha value is -2.34. The summed E-state index contributed by atoms with van der Waals surface area (Å²) in [6.45, 7) is 1.05. The molecule has 0 N–H and O–H groups in total. The number of hydrogen-bond donors (Lipinski definition) is 0. The van der Waals surface area contributed by atoms with Gasteiger partial charge in [-0.15, -0.1) is 0 Å². The number of carbonyl (C=O) groups excluding carboxylic acids is 2. The van der Waals surface area contributed by atoms with Gasteiger partial charge in [0.2, 0.25) is 0 Å². The molecule has 23 heavy (non-hydrogen) atoms. The Morgan fingerprint density at radius 2 is 1.78 bits per heavy atom. The van der Waals surface area contributed by atoms with E-state index in [1.807, 2.05) is 0 Å². The van der Waals surface area contributed by atoms with Crippen molar-refractivity contribution in [2.45, 2.75) is 30.7 Å². The highest BCUT2D eigenvalue weighted by Gasteiger charge is 2.70. The van der Waals surface area contributed by atoms with Crippen LogP contribution in [0.1, 0.15) is 18.9 Å². The van der Waals surface area contributed by atoms with Gasteiger partial charge in [0, 0.05) is 12.5 Å². The second kappa shape index (κ2) is 5.09. The maximum atomic E-state index is 14.9. The molecule has 0 aromatic heterocycles. The first-order chi connectivity index (χ1) is 10.8. The van der Waals surface area contributed by atoms with Crippen molar-refractivity contribution in [3.05, 3.63) is 60.2 Å². The minimum absolute atomic E-state index is 0.0378. The monoisotopic (exact) mass is 320 g/mol. The molecule has 3 rings (SSSR count). The molecule has 0 saturated carbocycles. The molecule has 1 heterocycles. The van der Waals surface area contributed by atoms with Crippen LogP contribution in [0, 0.1) is 0 Å². The van der Waals surface area contributed by atoms with Gasteiger partial charge in [-0.1, -0.05) is 30.3 Å². The van der Waals surface area contributed by atoms with Gasteiger partial charge in [-0.2, -0.15) is 8.78 Å². The van der Waals surface area contributed by atoms with E-state index < -0.39 is 29.7 Å². The van der Waals surface area contributed by atoms with Gasteiger partial charge < -0.3 is 9.47 Å². The molecule has 0 bridgehead atoms. The maximum absolute atomic E-state index is 14.9. The van der Waals surface area contributed by atoms with E-state index >= 15 is 0 Å². The van der Waals surface area contributed by atoms with E-state index in [0.29, 0.717) is 0 Å². The topological polar surface area (TPSA) is 52.6 Å². The zero-order chi connectivity index (χ0) is 16.7. The number of esters is 1. The van der Waals surface area contributed by atoms with E-state index in [-0.39, 0.29) is 11.3 Å². The quantitative estimate of drug-likeness (QED) is 0.786. The SMILES string of the molecule is CC(=O)OC1(c2ccccc2)OC2(C=CC(=O)C=C2)CC1(F)F. The van der Waals surface area contributed by atoms with Crippen LogP contribution >= 0.6 is 0 Å². The molecule has 1 aliphatic carbocycles. The number of halogens is 2. The third kappa shape index (κ3) is 2.49. The highest BCUT2D eigenvalue weighted by Crippen LogP contribution is 2.56. The van der Waals surface area contributed by atoms with Gasteiger partial charge in [0.1, 0.15) is 5.60 Å². The van der Waals surface area contributed by atoms with Crippen LogP contribution in [0.5, 0.6) is 0 Å². The average molecular weight is 320 g/mol. The Morgan fingerprint density at radius 3 is 2.35 bits per heavy atom. The fourth-order valence-electron chi connectivity index (χ4n) is 2.87. The molecule has 6 heteroatoms. The van der Waals surface area contributed by atoms with E-state index in [1.54, 1.807) is 18.2 Å². The summed E-state index contributed by atoms with van der Waals surface area (Å²) in [6, 6.07) is 7.60. The Bertz CT molecular complexity index is 693. The molecule has 120 valence electrons. The van der Waals surface area contributed by atoms with Crippen LogP contribution in [0.15, 0.2) is 54.6 Å². The van der Waals surface area contributed by atoms with Gasteiger partial charge >= 0.3 is 17.7 Å². The average Bonchev–Trinajstić information content (AvgIpc) is 2.71. The Balaban J connectivity index is 2.12. The first-order valence-electron chi connectivity index (χ1n) is 7.04. The number of ketones is 1. The van der Waals surface area contributed by atoms with Crippen molar-refractivity contribution < 1.29 is 27.8 Å². The predicted octanol–water partition coefficient (Wildman–Crippen LogP) is 2.89. The number of alkyl halides is 2. The third-order valence-corrected chi connectivity index (χ3v) is 3.81. The summed E-state index contributed by atoms with van der Waals surface area (Å²) in [4.78, 5) is 22.7. The number of ether oxygens (including phenoxy) is 2. The van der Waals surface area contributed by atoms with Crippen molar-refractivity contribution in [2.75, 3.05) is 0 Å². The number of allylic oxidation sites excluding steroid dienone is 2. The molecular weight excluding hydrogens is 306 g/mol. The van der Waals surface area contributed by atoms with Crippen molar-refractivity contribution in [1.82, 2.24) is 0 Å². The molecule has 4 nitrogen and oxygen atoms in total. The third-order valence-electron chi connectivity index (χ3n) is 3.81. The van der Waals surface area contributed by atoms with Crippen LogP contribution in [0.3, 0.4) is 0 Å². The standard InChI is InChI=1S/C17H14F2O4/c1-12(20)22-17(13-5-3-2-4-6-13)16(18,19)11-15(23-17)9-7-14(21)8-10-15/h2-10H,11H2,1H3. The van der Waals surface area contributed by atoms with Gasteiger partial charge in [-0.3, -0.25) is 9.59 Å². The lowest BCUT2D eigenvalue weighted by molar-refractivity contribution is -0.301. The van der Waals surface area contributed by atoms with Crippen molar-refractivity contribution >= 4 is 11.8 Å². The summed E-state index contributed by atoms with van der Waals surface area (Å²) in [5, 5.41) is 0. The Labute approximate surface area is 131 Å². The van der Waals surface area contributed by atoms with E-state index in [1.165, 1.54) is 36.4 Å². The lowest BCUT2D eigenvalue weighted by atomic mass is 9.91. The summed E-state index contributed by atoms with van der Waals surface area (Å²) in [6.07, 6.45) is 4.16.